The summed E-state index contributed by atoms with van der Waals surface area (Å²) in [5.74, 6) is -7.15. The van der Waals surface area contributed by atoms with Crippen LogP contribution in [-0.4, -0.2) is 124 Å². The topological polar surface area (TPSA) is 199 Å². The lowest BCUT2D eigenvalue weighted by Crippen LogP contribution is -2.64. The first kappa shape index (κ1) is 51.2. The van der Waals surface area contributed by atoms with Crippen molar-refractivity contribution in [1.82, 2.24) is 4.90 Å². The quantitative estimate of drug-likeness (QED) is 0.129. The molecule has 364 valence electrons. The molecular weight excluding hydrogens is 847 g/mol. The van der Waals surface area contributed by atoms with E-state index in [0.29, 0.717) is 62.7 Å². The molecule has 66 heavy (non-hydrogen) atoms. The smallest absolute Gasteiger partial charge is 0.329 e. The number of cyclic esters (lactones) is 1. The van der Waals surface area contributed by atoms with Crippen LogP contribution in [0.3, 0.4) is 0 Å². The molecule has 0 aromatic heterocycles. The average Bonchev–Trinajstić information content (AvgIpc) is 3.29. The van der Waals surface area contributed by atoms with Crippen LogP contribution in [0, 0.1) is 29.6 Å². The van der Waals surface area contributed by atoms with Gasteiger partial charge in [0.05, 0.1) is 24.4 Å². The number of piperidine rings is 1. The lowest BCUT2D eigenvalue weighted by molar-refractivity contribution is -0.302. The Kier molecular flexibility index (Phi) is 17.3. The number of aromatic hydroxyl groups is 1. The van der Waals surface area contributed by atoms with Crippen LogP contribution in [0.5, 0.6) is 11.5 Å². The van der Waals surface area contributed by atoms with E-state index in [9.17, 15) is 39.6 Å². The number of rotatable bonds is 7. The molecule has 3 heterocycles. The van der Waals surface area contributed by atoms with Crippen molar-refractivity contribution in [2.45, 2.75) is 167 Å². The highest BCUT2D eigenvalue weighted by atomic mass is 16.7. The van der Waals surface area contributed by atoms with Gasteiger partial charge in [0.2, 0.25) is 5.79 Å². The van der Waals surface area contributed by atoms with Crippen LogP contribution in [-0.2, 0) is 38.1 Å². The van der Waals surface area contributed by atoms with Crippen molar-refractivity contribution in [3.05, 3.63) is 59.7 Å². The normalized spacial score (nSPS) is 36.2. The van der Waals surface area contributed by atoms with Crippen LogP contribution in [0.2, 0.25) is 0 Å². The molecule has 2 saturated heterocycles. The van der Waals surface area contributed by atoms with E-state index in [-0.39, 0.29) is 49.2 Å². The van der Waals surface area contributed by atoms with Gasteiger partial charge in [0.1, 0.15) is 41.6 Å². The number of allylic oxidation sites excluding steroid dienone is 3. The SMILES string of the molecule is CCC1C=C(C)CC(C)CC(OC)C2OC(O)(C(=O)C(=O)N3CCCCC3C(=O)OC(C(C)=CC3CCC(Oc4cccc5cc(O)ccc45)C(O)C3)C(C)C(O)CC1=O)C(C)CC2OC. The number of methoxy groups -OCH3 is 2. The van der Waals surface area contributed by atoms with Gasteiger partial charge < -0.3 is 49.0 Å². The Bertz CT molecular complexity index is 2100. The van der Waals surface area contributed by atoms with Crippen LogP contribution in [0.15, 0.2) is 59.7 Å². The second-order valence-electron chi connectivity index (χ2n) is 19.7. The maximum atomic E-state index is 14.5. The van der Waals surface area contributed by atoms with E-state index < -0.39 is 90.0 Å². The first-order valence-electron chi connectivity index (χ1n) is 24.0. The van der Waals surface area contributed by atoms with E-state index in [1.54, 1.807) is 39.0 Å². The number of phenols is 1. The fourth-order valence-electron chi connectivity index (χ4n) is 10.8. The van der Waals surface area contributed by atoms with E-state index in [2.05, 4.69) is 0 Å². The number of fused-ring (bicyclic) bond motifs is 4. The lowest BCUT2D eigenvalue weighted by atomic mass is 9.81. The summed E-state index contributed by atoms with van der Waals surface area (Å²) in [7, 11) is 3.06. The van der Waals surface area contributed by atoms with Gasteiger partial charge in [0.25, 0.3) is 11.7 Å². The van der Waals surface area contributed by atoms with Gasteiger partial charge in [-0.25, -0.2) is 4.79 Å². The van der Waals surface area contributed by atoms with Crippen molar-refractivity contribution in [1.29, 1.82) is 0 Å². The molecule has 14 unspecified atom stereocenters. The van der Waals surface area contributed by atoms with Gasteiger partial charge in [-0.15, -0.1) is 0 Å². The number of esters is 1. The molecule has 1 saturated carbocycles. The Morgan fingerprint density at radius 1 is 0.909 bits per heavy atom. The number of benzene rings is 2. The number of Topliss-reactive ketones (excluding diaryl/α,β-unsaturated/α-hetero) is 2. The third-order valence-corrected chi connectivity index (χ3v) is 14.7. The third kappa shape index (κ3) is 11.6. The standard InChI is InChI=1S/C52H73NO13/c1-9-35-22-29(2)21-30(3)23-45(62-7)48-46(63-8)25-32(5)52(61,66-48)49(58)50(59)53-20-11-10-14-39(53)51(60)65-47(33(6)40(55)28-41(35)56)31(4)24-34-16-19-44(42(57)26-34)64-43-15-12-13-36-27-37(54)17-18-38(36)43/h12-13,15,17-18,22,24,27,30,32-35,39-40,42,44-48,54-55,57,61H,9-11,14,16,19-21,23,25-26,28H2,1-8H3. The van der Waals surface area contributed by atoms with Crippen LogP contribution in [0.25, 0.3) is 10.8 Å². The molecule has 2 aromatic carbocycles. The van der Waals surface area contributed by atoms with E-state index >= 15 is 0 Å². The molecule has 0 radical (unpaired) electrons. The van der Waals surface area contributed by atoms with Crippen molar-refractivity contribution in [3.63, 3.8) is 0 Å². The first-order valence-corrected chi connectivity index (χ1v) is 24.0. The number of carbonyl (C=O) groups is 4. The maximum Gasteiger partial charge on any atom is 0.329 e. The molecule has 14 heteroatoms. The number of carbonyl (C=O) groups excluding carboxylic acids is 4. The number of nitrogens with zero attached hydrogens (tertiary/aromatic N) is 1. The van der Waals surface area contributed by atoms with Gasteiger partial charge >= 0.3 is 5.97 Å². The van der Waals surface area contributed by atoms with E-state index in [1.807, 2.05) is 51.1 Å². The molecule has 14 nitrogen and oxygen atoms in total. The van der Waals surface area contributed by atoms with Crippen molar-refractivity contribution in [2.75, 3.05) is 20.8 Å². The number of aliphatic hydroxyl groups is 3. The Balaban J connectivity index is 1.30. The Morgan fingerprint density at radius 3 is 2.33 bits per heavy atom. The third-order valence-electron chi connectivity index (χ3n) is 14.7. The zero-order valence-corrected chi connectivity index (χ0v) is 40.0. The highest BCUT2D eigenvalue weighted by molar-refractivity contribution is 6.39. The Labute approximate surface area is 389 Å². The molecule has 4 aliphatic rings. The van der Waals surface area contributed by atoms with Gasteiger partial charge in [-0.1, -0.05) is 57.6 Å². The summed E-state index contributed by atoms with van der Waals surface area (Å²) in [5, 5.41) is 47.0. The summed E-state index contributed by atoms with van der Waals surface area (Å²) in [6.07, 6.45) is 2.64. The molecule has 4 N–H and O–H groups in total. The minimum atomic E-state index is -2.53. The van der Waals surface area contributed by atoms with Gasteiger partial charge in [0.15, 0.2) is 0 Å². The fourth-order valence-corrected chi connectivity index (χ4v) is 10.8. The van der Waals surface area contributed by atoms with Gasteiger partial charge in [-0.2, -0.15) is 0 Å². The highest BCUT2D eigenvalue weighted by Gasteiger charge is 2.56. The minimum Gasteiger partial charge on any atom is -0.508 e. The zero-order valence-electron chi connectivity index (χ0n) is 40.0. The average molecular weight is 920 g/mol. The summed E-state index contributed by atoms with van der Waals surface area (Å²) in [4.78, 5) is 58.3. The second-order valence-corrected chi connectivity index (χ2v) is 19.7. The van der Waals surface area contributed by atoms with Crippen LogP contribution >= 0.6 is 0 Å². The number of aliphatic hydroxyl groups excluding tert-OH is 2. The molecular formula is C52H73NO13. The monoisotopic (exact) mass is 920 g/mol. The number of ketones is 2. The molecule has 0 spiro atoms. The lowest BCUT2D eigenvalue weighted by Gasteiger charge is -2.47. The predicted octanol–water partition coefficient (Wildman–Crippen LogP) is 6.76. The minimum absolute atomic E-state index is 0.0151. The zero-order chi connectivity index (χ0) is 48.0. The molecule has 1 aliphatic carbocycles. The summed E-state index contributed by atoms with van der Waals surface area (Å²) in [5.41, 5.74) is 1.59. The molecule has 6 rings (SSSR count). The summed E-state index contributed by atoms with van der Waals surface area (Å²) in [6.45, 7) is 11.2. The van der Waals surface area contributed by atoms with Gasteiger partial charge in [-0.05, 0) is 125 Å². The number of phenolic OH excluding ortho intramolecular Hbond substituents is 1. The summed E-state index contributed by atoms with van der Waals surface area (Å²) in [6, 6.07) is 9.42. The Morgan fingerprint density at radius 2 is 1.64 bits per heavy atom. The first-order chi connectivity index (χ1) is 31.4. The van der Waals surface area contributed by atoms with E-state index in [0.717, 1.165) is 16.3 Å². The van der Waals surface area contributed by atoms with Crippen LogP contribution in [0.4, 0.5) is 0 Å². The molecule has 2 bridgehead atoms. The van der Waals surface area contributed by atoms with E-state index in [4.69, 9.17) is 23.7 Å². The van der Waals surface area contributed by atoms with Crippen LogP contribution < -0.4 is 4.74 Å². The largest absolute Gasteiger partial charge is 0.508 e. The second kappa shape index (κ2) is 22.3. The summed E-state index contributed by atoms with van der Waals surface area (Å²) >= 11 is 0. The predicted molar refractivity (Wildman–Crippen MR) is 247 cm³/mol. The fraction of sp³-hybridized carbons (Fsp3) is 0.654. The molecule has 1 amide bonds. The molecule has 3 fully saturated rings. The van der Waals surface area contributed by atoms with E-state index in [1.165, 1.54) is 19.1 Å². The van der Waals surface area contributed by atoms with Gasteiger partial charge in [-0.3, -0.25) is 14.4 Å². The van der Waals surface area contributed by atoms with Crippen molar-refractivity contribution < 1.29 is 63.3 Å². The highest BCUT2D eigenvalue weighted by Crippen LogP contribution is 2.40. The van der Waals surface area contributed by atoms with Crippen molar-refractivity contribution >= 4 is 34.2 Å². The Hall–Kier alpha value is -4.18. The maximum absolute atomic E-state index is 14.5. The van der Waals surface area contributed by atoms with Crippen LogP contribution in [0.1, 0.15) is 112 Å². The number of hydrogen-bond donors (Lipinski definition) is 4. The van der Waals surface area contributed by atoms with Crippen molar-refractivity contribution in [3.8, 4) is 11.5 Å². The molecule has 2 aromatic rings. The number of ether oxygens (including phenoxy) is 5. The molecule has 3 aliphatic heterocycles. The molecule has 14 atom stereocenters. The summed E-state index contributed by atoms with van der Waals surface area (Å²) < 4.78 is 30.7. The number of hydrogen-bond acceptors (Lipinski definition) is 13. The van der Waals surface area contributed by atoms with Crippen molar-refractivity contribution in [2.24, 2.45) is 29.6 Å². The number of amides is 1. The van der Waals surface area contributed by atoms with Gasteiger partial charge in [0, 0.05) is 50.3 Å².